The third-order valence-electron chi connectivity index (χ3n) is 4.32. The first-order valence-electron chi connectivity index (χ1n) is 7.70. The van der Waals surface area contributed by atoms with Crippen molar-refractivity contribution < 1.29 is 14.6 Å². The van der Waals surface area contributed by atoms with Crippen LogP contribution in [0.2, 0.25) is 0 Å². The zero-order valence-corrected chi connectivity index (χ0v) is 13.7. The number of hydrogen-bond acceptors (Lipinski definition) is 4. The van der Waals surface area contributed by atoms with Crippen LogP contribution in [-0.2, 0) is 9.47 Å². The number of hydrogen-bond donors (Lipinski definition) is 1. The van der Waals surface area contributed by atoms with E-state index in [2.05, 4.69) is 18.7 Å². The maximum Gasteiger partial charge on any atom is 0.0900 e. The van der Waals surface area contributed by atoms with E-state index < -0.39 is 0 Å². The second kappa shape index (κ2) is 8.54. The summed E-state index contributed by atoms with van der Waals surface area (Å²) in [6.45, 7) is 7.89. The molecule has 1 aliphatic carbocycles. The molecule has 5 heteroatoms. The number of nitrogens with zero attached hydrogens (tertiary/aromatic N) is 1. The number of aliphatic hydroxyl groups is 1. The van der Waals surface area contributed by atoms with Gasteiger partial charge < -0.3 is 14.6 Å². The van der Waals surface area contributed by atoms with E-state index >= 15 is 0 Å². The molecule has 0 aromatic heterocycles. The number of β-amino-alcohol motifs (C(OH)–C–C–N with tert-alkyl or cyclic N) is 1. The van der Waals surface area contributed by atoms with Gasteiger partial charge in [-0.1, -0.05) is 19.3 Å². The van der Waals surface area contributed by atoms with Gasteiger partial charge in [-0.15, -0.1) is 12.4 Å². The van der Waals surface area contributed by atoms with Crippen molar-refractivity contribution in [3.63, 3.8) is 0 Å². The van der Waals surface area contributed by atoms with Crippen LogP contribution in [0, 0.1) is 0 Å². The Labute approximate surface area is 129 Å². The molecule has 0 aromatic carbocycles. The van der Waals surface area contributed by atoms with E-state index in [-0.39, 0.29) is 24.0 Å². The minimum absolute atomic E-state index is 0. The smallest absolute Gasteiger partial charge is 0.0900 e. The second-order valence-electron chi connectivity index (χ2n) is 6.56. The van der Waals surface area contributed by atoms with Gasteiger partial charge in [0, 0.05) is 18.6 Å². The fourth-order valence-corrected chi connectivity index (χ4v) is 3.02. The van der Waals surface area contributed by atoms with E-state index in [1.54, 1.807) is 0 Å². The van der Waals surface area contributed by atoms with E-state index in [0.29, 0.717) is 19.3 Å². The molecule has 0 aromatic rings. The Morgan fingerprint density at radius 2 is 2.00 bits per heavy atom. The summed E-state index contributed by atoms with van der Waals surface area (Å²) in [5.41, 5.74) is 0.0179. The standard InChI is InChI=1S/C15H29NO3.ClH/c1-15(2)12-18-9-8-16(15)10-13(17)11-19-14-6-4-3-5-7-14;/h13-14,17H,3-12H2,1-2H3;1H. The minimum atomic E-state index is -0.390. The van der Waals surface area contributed by atoms with Crippen molar-refractivity contribution in [2.75, 3.05) is 32.9 Å². The number of ether oxygens (including phenoxy) is 2. The fourth-order valence-electron chi connectivity index (χ4n) is 3.02. The molecule has 0 radical (unpaired) electrons. The van der Waals surface area contributed by atoms with Gasteiger partial charge in [-0.05, 0) is 26.7 Å². The summed E-state index contributed by atoms with van der Waals surface area (Å²) in [4.78, 5) is 2.31. The Morgan fingerprint density at radius 1 is 1.30 bits per heavy atom. The lowest BCUT2D eigenvalue weighted by Crippen LogP contribution is -2.55. The van der Waals surface area contributed by atoms with E-state index in [1.165, 1.54) is 19.3 Å². The lowest BCUT2D eigenvalue weighted by Gasteiger charge is -2.43. The molecule has 0 amide bonds. The van der Waals surface area contributed by atoms with Crippen LogP contribution in [0.3, 0.4) is 0 Å². The predicted octanol–water partition coefficient (Wildman–Crippen LogP) is 2.23. The maximum absolute atomic E-state index is 10.2. The van der Waals surface area contributed by atoms with Gasteiger partial charge in [-0.2, -0.15) is 0 Å². The molecular formula is C15H30ClNO3. The highest BCUT2D eigenvalue weighted by Crippen LogP contribution is 2.21. The summed E-state index contributed by atoms with van der Waals surface area (Å²) in [5.74, 6) is 0. The van der Waals surface area contributed by atoms with Crippen molar-refractivity contribution in [1.82, 2.24) is 4.90 Å². The van der Waals surface area contributed by atoms with Crippen LogP contribution in [0.25, 0.3) is 0 Å². The molecule has 4 nitrogen and oxygen atoms in total. The average Bonchev–Trinajstić information content (AvgIpc) is 2.40. The van der Waals surface area contributed by atoms with E-state index in [1.807, 2.05) is 0 Å². The zero-order valence-electron chi connectivity index (χ0n) is 12.8. The highest BCUT2D eigenvalue weighted by atomic mass is 35.5. The third kappa shape index (κ3) is 5.49. The average molecular weight is 308 g/mol. The summed E-state index contributed by atoms with van der Waals surface area (Å²) < 4.78 is 11.3. The molecule has 120 valence electrons. The molecule has 2 aliphatic rings. The van der Waals surface area contributed by atoms with Crippen LogP contribution in [0.1, 0.15) is 46.0 Å². The lowest BCUT2D eigenvalue weighted by atomic mass is 9.98. The molecule has 0 bridgehead atoms. The van der Waals surface area contributed by atoms with Gasteiger partial charge in [0.25, 0.3) is 0 Å². The van der Waals surface area contributed by atoms with Gasteiger partial charge >= 0.3 is 0 Å². The van der Waals surface area contributed by atoms with Crippen molar-refractivity contribution in [3.8, 4) is 0 Å². The monoisotopic (exact) mass is 307 g/mol. The van der Waals surface area contributed by atoms with Crippen LogP contribution in [0.4, 0.5) is 0 Å². The summed E-state index contributed by atoms with van der Waals surface area (Å²) in [5, 5.41) is 10.2. The molecule has 1 saturated carbocycles. The molecule has 2 fully saturated rings. The largest absolute Gasteiger partial charge is 0.389 e. The van der Waals surface area contributed by atoms with Crippen molar-refractivity contribution in [2.24, 2.45) is 0 Å². The first kappa shape index (κ1) is 18.2. The summed E-state index contributed by atoms with van der Waals surface area (Å²) >= 11 is 0. The number of rotatable bonds is 5. The normalized spacial score (nSPS) is 25.9. The van der Waals surface area contributed by atoms with E-state index in [9.17, 15) is 5.11 Å². The predicted molar refractivity (Wildman–Crippen MR) is 82.6 cm³/mol. The Hall–Kier alpha value is 0.130. The molecule has 1 unspecified atom stereocenters. The Kier molecular flexibility index (Phi) is 7.77. The fraction of sp³-hybridized carbons (Fsp3) is 1.00. The van der Waals surface area contributed by atoms with E-state index in [4.69, 9.17) is 9.47 Å². The minimum Gasteiger partial charge on any atom is -0.389 e. The van der Waals surface area contributed by atoms with Crippen molar-refractivity contribution in [1.29, 1.82) is 0 Å². The van der Waals surface area contributed by atoms with Crippen molar-refractivity contribution in [2.45, 2.75) is 63.7 Å². The molecule has 20 heavy (non-hydrogen) atoms. The molecule has 1 aliphatic heterocycles. The molecule has 1 saturated heterocycles. The van der Waals surface area contributed by atoms with Crippen molar-refractivity contribution >= 4 is 12.4 Å². The quantitative estimate of drug-likeness (QED) is 0.846. The number of aliphatic hydroxyl groups excluding tert-OH is 1. The molecule has 1 N–H and O–H groups in total. The lowest BCUT2D eigenvalue weighted by molar-refractivity contribution is -0.0846. The van der Waals surface area contributed by atoms with Crippen LogP contribution >= 0.6 is 12.4 Å². The first-order chi connectivity index (χ1) is 9.08. The topological polar surface area (TPSA) is 41.9 Å². The van der Waals surface area contributed by atoms with Crippen LogP contribution in [0.15, 0.2) is 0 Å². The van der Waals surface area contributed by atoms with Gasteiger partial charge in [-0.3, -0.25) is 4.90 Å². The third-order valence-corrected chi connectivity index (χ3v) is 4.32. The Morgan fingerprint density at radius 3 is 2.65 bits per heavy atom. The zero-order chi connectivity index (χ0) is 13.7. The SMILES string of the molecule is CC1(C)COCCN1CC(O)COC1CCCCC1.Cl. The first-order valence-corrected chi connectivity index (χ1v) is 7.70. The summed E-state index contributed by atoms with van der Waals surface area (Å²) in [6, 6.07) is 0. The Bertz CT molecular complexity index is 270. The highest BCUT2D eigenvalue weighted by molar-refractivity contribution is 5.85. The second-order valence-corrected chi connectivity index (χ2v) is 6.56. The summed E-state index contributed by atoms with van der Waals surface area (Å²) in [6.07, 6.45) is 6.20. The Balaban J connectivity index is 0.00000200. The summed E-state index contributed by atoms with van der Waals surface area (Å²) in [7, 11) is 0. The maximum atomic E-state index is 10.2. The van der Waals surface area contributed by atoms with Gasteiger partial charge in [0.1, 0.15) is 0 Å². The van der Waals surface area contributed by atoms with Gasteiger partial charge in [-0.25, -0.2) is 0 Å². The van der Waals surface area contributed by atoms with E-state index in [0.717, 1.165) is 32.6 Å². The highest BCUT2D eigenvalue weighted by Gasteiger charge is 2.31. The van der Waals surface area contributed by atoms with Crippen LogP contribution < -0.4 is 0 Å². The number of halogens is 1. The van der Waals surface area contributed by atoms with Gasteiger partial charge in [0.15, 0.2) is 0 Å². The molecular weight excluding hydrogens is 278 g/mol. The number of morpholine rings is 1. The van der Waals surface area contributed by atoms with Crippen LogP contribution in [-0.4, -0.2) is 60.7 Å². The van der Waals surface area contributed by atoms with Crippen molar-refractivity contribution in [3.05, 3.63) is 0 Å². The van der Waals surface area contributed by atoms with Gasteiger partial charge in [0.2, 0.25) is 0 Å². The molecule has 1 atom stereocenters. The molecule has 2 rings (SSSR count). The molecule has 1 heterocycles. The van der Waals surface area contributed by atoms with Crippen LogP contribution in [0.5, 0.6) is 0 Å². The van der Waals surface area contributed by atoms with Gasteiger partial charge in [0.05, 0.1) is 32.0 Å². The molecule has 0 spiro atoms.